The number of nitrogens with one attached hydrogen (secondary N) is 1. The lowest BCUT2D eigenvalue weighted by molar-refractivity contribution is -0.923. The molecule has 3 aliphatic rings. The average Bonchev–Trinajstić information content (AvgIpc) is 2.40. The molecule has 2 bridgehead atoms. The molecule has 0 radical (unpaired) electrons. The van der Waals surface area contributed by atoms with Crippen molar-refractivity contribution in [1.29, 1.82) is 0 Å². The third-order valence-electron chi connectivity index (χ3n) is 4.77. The van der Waals surface area contributed by atoms with Crippen LogP contribution < -0.4 is 4.90 Å². The van der Waals surface area contributed by atoms with E-state index in [2.05, 4.69) is 7.05 Å². The van der Waals surface area contributed by atoms with Gasteiger partial charge in [-0.2, -0.15) is 8.42 Å². The van der Waals surface area contributed by atoms with Crippen LogP contribution in [0.1, 0.15) is 24.8 Å². The highest BCUT2D eigenvalue weighted by atomic mass is 32.2. The maximum absolute atomic E-state index is 12.3. The summed E-state index contributed by atoms with van der Waals surface area (Å²) in [5.74, 6) is 0.375. The molecule has 4 nitrogen and oxygen atoms in total. The summed E-state index contributed by atoms with van der Waals surface area (Å²) in [6, 6.07) is 7.42. The van der Waals surface area contributed by atoms with Gasteiger partial charge in [0.25, 0.3) is 10.1 Å². The predicted octanol–water partition coefficient (Wildman–Crippen LogP) is 0.766. The van der Waals surface area contributed by atoms with E-state index >= 15 is 0 Å². The quantitative estimate of drug-likeness (QED) is 0.838. The van der Waals surface area contributed by atoms with Crippen molar-refractivity contribution in [3.63, 3.8) is 0 Å². The minimum absolute atomic E-state index is 0.135. The Hall–Kier alpha value is -0.910. The van der Waals surface area contributed by atoms with Crippen LogP contribution in [-0.2, 0) is 14.3 Å². The van der Waals surface area contributed by atoms with Gasteiger partial charge in [0.05, 0.1) is 30.6 Å². The van der Waals surface area contributed by atoms with E-state index < -0.39 is 10.1 Å². The van der Waals surface area contributed by atoms with Gasteiger partial charge >= 0.3 is 0 Å². The fraction of sp³-hybridized carbons (Fsp3) is 0.600. The number of benzene rings is 1. The van der Waals surface area contributed by atoms with Crippen LogP contribution in [0.25, 0.3) is 0 Å². The molecule has 2 aliphatic heterocycles. The highest BCUT2D eigenvalue weighted by Gasteiger charge is 2.44. The minimum atomic E-state index is -3.63. The summed E-state index contributed by atoms with van der Waals surface area (Å²) in [7, 11) is -1.43. The molecule has 1 N–H and O–H groups in total. The van der Waals surface area contributed by atoms with E-state index in [1.54, 1.807) is 24.3 Å². The second kappa shape index (κ2) is 5.13. The lowest BCUT2D eigenvalue weighted by Gasteiger charge is -2.44. The zero-order valence-corrected chi connectivity index (χ0v) is 12.8. The summed E-state index contributed by atoms with van der Waals surface area (Å²) in [6.07, 6.45) is 3.02. The normalized spacial score (nSPS) is 33.3. The van der Waals surface area contributed by atoms with Crippen molar-refractivity contribution in [1.82, 2.24) is 0 Å². The van der Waals surface area contributed by atoms with Crippen molar-refractivity contribution in [3.8, 4) is 0 Å². The Bertz CT molecular complexity index is 582. The van der Waals surface area contributed by atoms with Crippen molar-refractivity contribution in [2.75, 3.05) is 13.6 Å². The highest BCUT2D eigenvalue weighted by Crippen LogP contribution is 2.31. The van der Waals surface area contributed by atoms with E-state index in [-0.39, 0.29) is 11.0 Å². The van der Waals surface area contributed by atoms with Gasteiger partial charge in [-0.15, -0.1) is 0 Å². The average molecular weight is 296 g/mol. The molecule has 1 saturated carbocycles. The zero-order valence-electron chi connectivity index (χ0n) is 12.0. The number of aryl methyl sites for hydroxylation is 1. The summed E-state index contributed by atoms with van der Waals surface area (Å²) in [6.45, 7) is 2.97. The number of fused-ring (bicyclic) bond motifs is 3. The van der Waals surface area contributed by atoms with Crippen molar-refractivity contribution in [3.05, 3.63) is 29.8 Å². The van der Waals surface area contributed by atoms with Crippen LogP contribution in [0.4, 0.5) is 0 Å². The van der Waals surface area contributed by atoms with Gasteiger partial charge in [0.2, 0.25) is 0 Å². The van der Waals surface area contributed by atoms with Crippen LogP contribution in [0.2, 0.25) is 0 Å². The molecule has 3 fully saturated rings. The summed E-state index contributed by atoms with van der Waals surface area (Å²) >= 11 is 0. The molecule has 0 spiro atoms. The molecule has 0 amide bonds. The fourth-order valence-corrected chi connectivity index (χ4v) is 4.64. The van der Waals surface area contributed by atoms with Gasteiger partial charge in [0.1, 0.15) is 0 Å². The summed E-state index contributed by atoms with van der Waals surface area (Å²) in [5.41, 5.74) is 1.05. The lowest BCUT2D eigenvalue weighted by Crippen LogP contribution is -3.16. The Kier molecular flexibility index (Phi) is 3.60. The number of quaternary nitrogens is 1. The Morgan fingerprint density at radius 2 is 1.90 bits per heavy atom. The van der Waals surface area contributed by atoms with Gasteiger partial charge in [-0.3, -0.25) is 4.18 Å². The van der Waals surface area contributed by atoms with Crippen LogP contribution in [0.15, 0.2) is 29.2 Å². The van der Waals surface area contributed by atoms with E-state index in [0.717, 1.165) is 24.9 Å². The molecule has 20 heavy (non-hydrogen) atoms. The first-order chi connectivity index (χ1) is 9.45. The number of hydrogen-bond acceptors (Lipinski definition) is 3. The molecular formula is C15H22NO3S+. The summed E-state index contributed by atoms with van der Waals surface area (Å²) < 4.78 is 30.2. The van der Waals surface area contributed by atoms with Crippen LogP contribution in [-0.4, -0.2) is 34.2 Å². The lowest BCUT2D eigenvalue weighted by atomic mass is 9.78. The second-order valence-electron chi connectivity index (χ2n) is 6.22. The van der Waals surface area contributed by atoms with E-state index in [9.17, 15) is 8.42 Å². The predicted molar refractivity (Wildman–Crippen MR) is 76.1 cm³/mol. The number of hydrogen-bond donors (Lipinski definition) is 1. The highest BCUT2D eigenvalue weighted by molar-refractivity contribution is 7.86. The topological polar surface area (TPSA) is 47.8 Å². The third-order valence-corrected chi connectivity index (χ3v) is 6.12. The molecule has 1 aromatic carbocycles. The monoisotopic (exact) mass is 296 g/mol. The van der Waals surface area contributed by atoms with Crippen molar-refractivity contribution in [2.45, 2.75) is 43.2 Å². The van der Waals surface area contributed by atoms with Gasteiger partial charge in [-0.1, -0.05) is 17.7 Å². The van der Waals surface area contributed by atoms with E-state index in [1.165, 1.54) is 11.3 Å². The maximum atomic E-state index is 12.3. The molecule has 2 saturated heterocycles. The number of piperidine rings is 2. The van der Waals surface area contributed by atoms with E-state index in [4.69, 9.17) is 4.18 Å². The maximum Gasteiger partial charge on any atom is 0.297 e. The van der Waals surface area contributed by atoms with Gasteiger partial charge in [0, 0.05) is 18.8 Å². The van der Waals surface area contributed by atoms with Gasteiger partial charge in [0.15, 0.2) is 0 Å². The molecule has 4 atom stereocenters. The molecule has 0 aromatic heterocycles. The van der Waals surface area contributed by atoms with Crippen LogP contribution in [0.5, 0.6) is 0 Å². The Morgan fingerprint density at radius 1 is 1.20 bits per heavy atom. The molecule has 4 rings (SSSR count). The minimum Gasteiger partial charge on any atom is -0.335 e. The molecule has 1 aromatic rings. The Labute approximate surface area is 120 Å². The molecule has 110 valence electrons. The summed E-state index contributed by atoms with van der Waals surface area (Å²) in [5, 5.41) is 0. The van der Waals surface area contributed by atoms with Gasteiger partial charge < -0.3 is 4.90 Å². The van der Waals surface area contributed by atoms with Crippen molar-refractivity contribution >= 4 is 10.1 Å². The third kappa shape index (κ3) is 2.62. The first kappa shape index (κ1) is 14.0. The first-order valence-corrected chi connectivity index (χ1v) is 8.69. The van der Waals surface area contributed by atoms with Crippen molar-refractivity contribution < 1.29 is 17.5 Å². The summed E-state index contributed by atoms with van der Waals surface area (Å²) in [4.78, 5) is 1.79. The van der Waals surface area contributed by atoms with Gasteiger partial charge in [-0.25, -0.2) is 0 Å². The zero-order chi connectivity index (χ0) is 14.3. The van der Waals surface area contributed by atoms with E-state index in [1.807, 2.05) is 6.92 Å². The SMILES string of the molecule is Cc1ccc(S(=O)(=O)O[C@@H]2C[C@H]3CC[C@@H]2C[NH+]3C)cc1. The molecule has 1 aliphatic carbocycles. The van der Waals surface area contributed by atoms with Crippen LogP contribution >= 0.6 is 0 Å². The van der Waals surface area contributed by atoms with Crippen LogP contribution in [0, 0.1) is 12.8 Å². The largest absolute Gasteiger partial charge is 0.335 e. The Morgan fingerprint density at radius 3 is 2.45 bits per heavy atom. The number of rotatable bonds is 3. The second-order valence-corrected chi connectivity index (χ2v) is 7.79. The van der Waals surface area contributed by atoms with Gasteiger partial charge in [-0.05, 0) is 25.5 Å². The molecule has 1 unspecified atom stereocenters. The molecule has 5 heteroatoms. The fourth-order valence-electron chi connectivity index (χ4n) is 3.49. The van der Waals surface area contributed by atoms with Crippen molar-refractivity contribution in [2.24, 2.45) is 5.92 Å². The first-order valence-electron chi connectivity index (χ1n) is 7.28. The molecular weight excluding hydrogens is 274 g/mol. The van der Waals surface area contributed by atoms with E-state index in [0.29, 0.717) is 12.0 Å². The molecule has 2 heterocycles. The Balaban J connectivity index is 1.76. The standard InChI is InChI=1S/C15H21NO3S/c1-11-3-7-14(8-4-11)20(17,18)19-15-9-13-6-5-12(15)10-16(13)2/h3-4,7-8,12-13,15H,5-6,9-10H2,1-2H3/p+1/t12-,13-,15-/m1/s1. The smallest absolute Gasteiger partial charge is 0.297 e. The van der Waals surface area contributed by atoms with Crippen LogP contribution in [0.3, 0.4) is 0 Å².